The molecule has 1 aliphatic rings. The van der Waals surface area contributed by atoms with Crippen LogP contribution in [-0.4, -0.2) is 32.4 Å². The van der Waals surface area contributed by atoms with E-state index in [0.717, 1.165) is 17.7 Å². The number of hydrazine groups is 1. The molecule has 0 bridgehead atoms. The van der Waals surface area contributed by atoms with Crippen molar-refractivity contribution in [1.29, 1.82) is 0 Å². The average Bonchev–Trinajstić information content (AvgIpc) is 3.22. The summed E-state index contributed by atoms with van der Waals surface area (Å²) in [5.41, 5.74) is 9.02. The lowest BCUT2D eigenvalue weighted by molar-refractivity contribution is 0.505. The molecule has 0 amide bonds. The molecule has 0 saturated heterocycles. The predicted molar refractivity (Wildman–Crippen MR) is 109 cm³/mol. The van der Waals surface area contributed by atoms with E-state index < -0.39 is 17.3 Å². The first-order valence-corrected chi connectivity index (χ1v) is 9.48. The van der Waals surface area contributed by atoms with E-state index in [-0.39, 0.29) is 11.4 Å². The van der Waals surface area contributed by atoms with Crippen molar-refractivity contribution >= 4 is 16.5 Å². The van der Waals surface area contributed by atoms with E-state index in [1.165, 1.54) is 18.5 Å². The molecular formula is C20H19FN8O. The van der Waals surface area contributed by atoms with Crippen molar-refractivity contribution in [2.75, 3.05) is 12.5 Å². The Morgan fingerprint density at radius 2 is 2.00 bits per heavy atom. The Hall–Kier alpha value is -3.63. The van der Waals surface area contributed by atoms with Gasteiger partial charge in [0.1, 0.15) is 18.0 Å². The number of rotatable bonds is 4. The highest BCUT2D eigenvalue weighted by Crippen LogP contribution is 2.41. The van der Waals surface area contributed by atoms with Crippen LogP contribution in [0.2, 0.25) is 0 Å². The Labute approximate surface area is 170 Å². The largest absolute Gasteiger partial charge is 0.320 e. The lowest BCUT2D eigenvalue weighted by atomic mass is 9.87. The summed E-state index contributed by atoms with van der Waals surface area (Å²) in [5.74, 6) is -0.353. The Balaban J connectivity index is 1.72. The number of aromatic amines is 2. The fourth-order valence-corrected chi connectivity index (χ4v) is 3.98. The second kappa shape index (κ2) is 7.32. The van der Waals surface area contributed by atoms with Gasteiger partial charge in [-0.05, 0) is 30.3 Å². The highest BCUT2D eigenvalue weighted by atomic mass is 19.1. The first kappa shape index (κ1) is 18.4. The number of aromatic nitrogens is 5. The molecule has 152 valence electrons. The number of hydrogen-bond acceptors (Lipinski definition) is 7. The zero-order valence-electron chi connectivity index (χ0n) is 16.0. The van der Waals surface area contributed by atoms with Crippen LogP contribution in [0, 0.1) is 5.82 Å². The minimum Gasteiger partial charge on any atom is -0.320 e. The molecule has 0 radical (unpaired) electrons. The first-order valence-electron chi connectivity index (χ1n) is 9.48. The normalized spacial score (nSPS) is 18.2. The van der Waals surface area contributed by atoms with E-state index in [9.17, 15) is 9.18 Å². The van der Waals surface area contributed by atoms with E-state index in [1.54, 1.807) is 0 Å². The Bertz CT molecular complexity index is 1250. The van der Waals surface area contributed by atoms with Crippen LogP contribution in [-0.2, 0) is 6.54 Å². The zero-order valence-corrected chi connectivity index (χ0v) is 16.0. The number of nitrogens with one attached hydrogen (secondary N) is 5. The van der Waals surface area contributed by atoms with Gasteiger partial charge in [-0.2, -0.15) is 10.2 Å². The summed E-state index contributed by atoms with van der Waals surface area (Å²) in [7, 11) is 1.90. The van der Waals surface area contributed by atoms with Crippen molar-refractivity contribution in [3.63, 3.8) is 0 Å². The van der Waals surface area contributed by atoms with Crippen LogP contribution in [0.4, 0.5) is 10.1 Å². The van der Waals surface area contributed by atoms with Crippen molar-refractivity contribution in [1.82, 2.24) is 36.1 Å². The van der Waals surface area contributed by atoms with Gasteiger partial charge in [-0.1, -0.05) is 24.3 Å². The fourth-order valence-electron chi connectivity index (χ4n) is 3.98. The van der Waals surface area contributed by atoms with Crippen LogP contribution in [0.25, 0.3) is 10.8 Å². The summed E-state index contributed by atoms with van der Waals surface area (Å²) >= 11 is 0. The van der Waals surface area contributed by atoms with Crippen LogP contribution in [0.5, 0.6) is 0 Å². The van der Waals surface area contributed by atoms with E-state index in [1.807, 2.05) is 31.3 Å². The molecular weight excluding hydrogens is 387 g/mol. The molecule has 0 spiro atoms. The van der Waals surface area contributed by atoms with Gasteiger partial charge >= 0.3 is 0 Å². The number of anilines is 1. The topological polar surface area (TPSA) is 123 Å². The van der Waals surface area contributed by atoms with E-state index in [0.29, 0.717) is 22.6 Å². The fraction of sp³-hybridized carbons (Fsp3) is 0.200. The molecule has 30 heavy (non-hydrogen) atoms. The second-order valence-corrected chi connectivity index (χ2v) is 7.18. The van der Waals surface area contributed by atoms with Crippen molar-refractivity contribution < 1.29 is 4.39 Å². The lowest BCUT2D eigenvalue weighted by Gasteiger charge is -2.25. The van der Waals surface area contributed by atoms with E-state index in [2.05, 4.69) is 41.5 Å². The third-order valence-corrected chi connectivity index (χ3v) is 5.32. The maximum Gasteiger partial charge on any atom is 0.272 e. The lowest BCUT2D eigenvalue weighted by Crippen LogP contribution is -2.31. The third kappa shape index (κ3) is 3.02. The number of benzene rings is 2. The van der Waals surface area contributed by atoms with Gasteiger partial charge in [-0.25, -0.2) is 19.9 Å². The van der Waals surface area contributed by atoms with Crippen molar-refractivity contribution in [3.8, 4) is 0 Å². The quantitative estimate of drug-likeness (QED) is 0.350. The van der Waals surface area contributed by atoms with Gasteiger partial charge in [0.2, 0.25) is 0 Å². The predicted octanol–water partition coefficient (Wildman–Crippen LogP) is 1.70. The summed E-state index contributed by atoms with van der Waals surface area (Å²) in [6.45, 7) is 0.759. The molecule has 2 unspecified atom stereocenters. The molecule has 9 nitrogen and oxygen atoms in total. The highest BCUT2D eigenvalue weighted by Gasteiger charge is 2.35. The summed E-state index contributed by atoms with van der Waals surface area (Å²) in [5, 5.41) is 17.7. The maximum absolute atomic E-state index is 14.2. The monoisotopic (exact) mass is 406 g/mol. The second-order valence-electron chi connectivity index (χ2n) is 7.18. The molecule has 2 atom stereocenters. The molecule has 0 aliphatic carbocycles. The van der Waals surface area contributed by atoms with Crippen molar-refractivity contribution in [2.24, 2.45) is 0 Å². The summed E-state index contributed by atoms with van der Waals surface area (Å²) < 4.78 is 14.2. The van der Waals surface area contributed by atoms with E-state index in [4.69, 9.17) is 0 Å². The molecule has 1 aliphatic heterocycles. The highest BCUT2D eigenvalue weighted by molar-refractivity contribution is 5.96. The molecule has 3 heterocycles. The number of hydrogen-bond donors (Lipinski definition) is 5. The third-order valence-electron chi connectivity index (χ3n) is 5.32. The molecule has 0 fully saturated rings. The van der Waals surface area contributed by atoms with Crippen molar-refractivity contribution in [3.05, 3.63) is 81.5 Å². The number of H-pyrrole nitrogens is 2. The summed E-state index contributed by atoms with van der Waals surface area (Å²) in [4.78, 5) is 16.7. The van der Waals surface area contributed by atoms with E-state index >= 15 is 0 Å². The van der Waals surface area contributed by atoms with Gasteiger partial charge in [-0.15, -0.1) is 0 Å². The Kier molecular flexibility index (Phi) is 4.49. The number of halogens is 1. The van der Waals surface area contributed by atoms with Crippen LogP contribution in [0.3, 0.4) is 0 Å². The average molecular weight is 406 g/mol. The zero-order chi connectivity index (χ0) is 20.7. The minimum absolute atomic E-state index is 0.221. The standard InChI is InChI=1S/C20H19FN8O/c1-22-8-10-2-4-11(5-3-10)17-16(19-23-9-24-28-19)18-15-13(20(30)29-27-18)6-12(21)7-14(15)25-26-17/h2-7,9,16-17,22,25-26H,8H2,1H3,(H,29,30)(H,23,24,28). The Morgan fingerprint density at radius 1 is 1.17 bits per heavy atom. The van der Waals surface area contributed by atoms with Gasteiger partial charge in [0.05, 0.1) is 28.7 Å². The molecule has 10 heteroatoms. The molecule has 2 aromatic heterocycles. The summed E-state index contributed by atoms with van der Waals surface area (Å²) in [6, 6.07) is 10.4. The van der Waals surface area contributed by atoms with Gasteiger partial charge in [0, 0.05) is 11.9 Å². The van der Waals surface area contributed by atoms with Crippen LogP contribution in [0.1, 0.15) is 34.6 Å². The number of nitrogens with zero attached hydrogens (tertiary/aromatic N) is 3. The van der Waals surface area contributed by atoms with Gasteiger partial charge in [0.15, 0.2) is 0 Å². The smallest absolute Gasteiger partial charge is 0.272 e. The minimum atomic E-state index is -0.513. The Morgan fingerprint density at radius 3 is 2.73 bits per heavy atom. The van der Waals surface area contributed by atoms with Gasteiger partial charge in [0.25, 0.3) is 5.56 Å². The van der Waals surface area contributed by atoms with Crippen LogP contribution < -0.4 is 21.7 Å². The molecule has 5 N–H and O–H groups in total. The molecule has 5 rings (SSSR count). The first-order chi connectivity index (χ1) is 14.7. The molecule has 4 aromatic rings. The SMILES string of the molecule is CNCc1ccc(C2NNc3cc(F)cc4c(=O)[nH]nc(c34)C2c2ncn[nH]2)cc1. The summed E-state index contributed by atoms with van der Waals surface area (Å²) in [6.07, 6.45) is 1.43. The van der Waals surface area contributed by atoms with Crippen LogP contribution >= 0.6 is 0 Å². The van der Waals surface area contributed by atoms with Gasteiger partial charge < -0.3 is 10.7 Å². The van der Waals surface area contributed by atoms with Crippen molar-refractivity contribution in [2.45, 2.75) is 18.5 Å². The molecule has 2 aromatic carbocycles. The molecule has 0 saturated carbocycles. The van der Waals surface area contributed by atoms with Crippen LogP contribution in [0.15, 0.2) is 47.5 Å². The maximum atomic E-state index is 14.2. The van der Waals surface area contributed by atoms with Gasteiger partial charge in [-0.3, -0.25) is 9.89 Å².